The molecule has 1 fully saturated rings. The van der Waals surface area contributed by atoms with Gasteiger partial charge >= 0.3 is 0 Å². The summed E-state index contributed by atoms with van der Waals surface area (Å²) >= 11 is 0. The molecular weight excluding hydrogens is 120 g/mol. The first-order valence-corrected chi connectivity index (χ1v) is 3.11. The van der Waals surface area contributed by atoms with Crippen molar-refractivity contribution in [2.24, 2.45) is 0 Å². The van der Waals surface area contributed by atoms with E-state index < -0.39 is 6.29 Å². The number of aliphatic hydroxyl groups excluding tert-OH is 1. The molecule has 0 radical (unpaired) electrons. The van der Waals surface area contributed by atoms with Crippen LogP contribution in [0.25, 0.3) is 0 Å². The first-order chi connectivity index (χ1) is 4.30. The van der Waals surface area contributed by atoms with Crippen LogP contribution in [0.2, 0.25) is 0 Å². The monoisotopic (exact) mass is 132 g/mol. The van der Waals surface area contributed by atoms with Crippen molar-refractivity contribution < 1.29 is 10.2 Å². The molecule has 4 N–H and O–H groups in total. The van der Waals surface area contributed by atoms with E-state index in [0.717, 1.165) is 13.1 Å². The molecule has 54 valence electrons. The van der Waals surface area contributed by atoms with Gasteiger partial charge in [0.2, 0.25) is 0 Å². The molecule has 1 rings (SSSR count). The van der Waals surface area contributed by atoms with Gasteiger partial charge in [0, 0.05) is 19.6 Å². The van der Waals surface area contributed by atoms with Crippen LogP contribution >= 0.6 is 0 Å². The summed E-state index contributed by atoms with van der Waals surface area (Å²) in [6.45, 7) is 2.35. The molecule has 0 bridgehead atoms. The molecule has 1 aliphatic rings. The molecule has 1 unspecified atom stereocenters. The first-order valence-electron chi connectivity index (χ1n) is 3.11. The topological polar surface area (TPSA) is 64.5 Å². The van der Waals surface area contributed by atoms with Crippen LogP contribution in [0.15, 0.2) is 0 Å². The summed E-state index contributed by atoms with van der Waals surface area (Å²) < 4.78 is 0. The van der Waals surface area contributed by atoms with Crippen molar-refractivity contribution in [1.82, 2.24) is 10.6 Å². The maximum atomic E-state index is 8.63. The Bertz CT molecular complexity index is 81.0. The van der Waals surface area contributed by atoms with E-state index in [1.807, 2.05) is 0 Å². The maximum Gasteiger partial charge on any atom is 0.168 e. The minimum Gasteiger partial charge on any atom is -0.367 e. The number of piperazine rings is 1. The van der Waals surface area contributed by atoms with Crippen LogP contribution in [0.1, 0.15) is 0 Å². The minimum atomic E-state index is -1.24. The van der Waals surface area contributed by atoms with Crippen molar-refractivity contribution in [2.45, 2.75) is 12.3 Å². The van der Waals surface area contributed by atoms with Gasteiger partial charge in [-0.05, 0) is 0 Å². The third-order valence-electron chi connectivity index (χ3n) is 1.43. The maximum absolute atomic E-state index is 8.63. The Morgan fingerprint density at radius 2 is 2.11 bits per heavy atom. The zero-order valence-corrected chi connectivity index (χ0v) is 5.17. The second-order valence-electron chi connectivity index (χ2n) is 2.18. The van der Waals surface area contributed by atoms with E-state index in [0.29, 0.717) is 6.54 Å². The molecule has 0 aromatic rings. The number of hydrogen-bond acceptors (Lipinski definition) is 4. The third-order valence-corrected chi connectivity index (χ3v) is 1.43. The van der Waals surface area contributed by atoms with Crippen LogP contribution in [0, 0.1) is 0 Å². The number of rotatable bonds is 1. The zero-order valence-electron chi connectivity index (χ0n) is 5.17. The van der Waals surface area contributed by atoms with Gasteiger partial charge in [-0.15, -0.1) is 0 Å². The fourth-order valence-electron chi connectivity index (χ4n) is 0.887. The molecule has 0 aromatic heterocycles. The SMILES string of the molecule is OC(O)C1CNCCN1. The lowest BCUT2D eigenvalue weighted by Crippen LogP contribution is -2.53. The Morgan fingerprint density at radius 3 is 2.44 bits per heavy atom. The van der Waals surface area contributed by atoms with Gasteiger partial charge in [0.1, 0.15) is 0 Å². The van der Waals surface area contributed by atoms with E-state index in [-0.39, 0.29) is 6.04 Å². The van der Waals surface area contributed by atoms with Gasteiger partial charge < -0.3 is 20.8 Å². The molecule has 0 aromatic carbocycles. The molecular formula is C5H12N2O2. The molecule has 4 nitrogen and oxygen atoms in total. The van der Waals surface area contributed by atoms with Crippen LogP contribution < -0.4 is 10.6 Å². The molecule has 0 aliphatic carbocycles. The summed E-state index contributed by atoms with van der Waals surface area (Å²) in [4.78, 5) is 0. The quantitative estimate of drug-likeness (QED) is 0.307. The third kappa shape index (κ3) is 1.91. The van der Waals surface area contributed by atoms with Gasteiger partial charge in [-0.25, -0.2) is 0 Å². The summed E-state index contributed by atoms with van der Waals surface area (Å²) in [7, 11) is 0. The van der Waals surface area contributed by atoms with Gasteiger partial charge in [-0.2, -0.15) is 0 Å². The second kappa shape index (κ2) is 3.12. The van der Waals surface area contributed by atoms with E-state index in [4.69, 9.17) is 10.2 Å². The van der Waals surface area contributed by atoms with Crippen molar-refractivity contribution in [3.05, 3.63) is 0 Å². The molecule has 9 heavy (non-hydrogen) atoms. The van der Waals surface area contributed by atoms with E-state index >= 15 is 0 Å². The van der Waals surface area contributed by atoms with Crippen LogP contribution in [0.4, 0.5) is 0 Å². The fourth-order valence-corrected chi connectivity index (χ4v) is 0.887. The largest absolute Gasteiger partial charge is 0.367 e. The average Bonchev–Trinajstić information content (AvgIpc) is 1.90. The zero-order chi connectivity index (χ0) is 6.69. The Kier molecular flexibility index (Phi) is 2.41. The van der Waals surface area contributed by atoms with Crippen LogP contribution in [-0.2, 0) is 0 Å². The van der Waals surface area contributed by atoms with E-state index in [1.165, 1.54) is 0 Å². The summed E-state index contributed by atoms with van der Waals surface area (Å²) in [5.74, 6) is 0. The van der Waals surface area contributed by atoms with Gasteiger partial charge in [-0.3, -0.25) is 0 Å². The highest BCUT2D eigenvalue weighted by Crippen LogP contribution is 1.90. The van der Waals surface area contributed by atoms with Crippen LogP contribution in [0.3, 0.4) is 0 Å². The van der Waals surface area contributed by atoms with Gasteiger partial charge in [0.05, 0.1) is 6.04 Å². The van der Waals surface area contributed by atoms with Crippen molar-refractivity contribution >= 4 is 0 Å². The van der Waals surface area contributed by atoms with Crippen molar-refractivity contribution in [2.75, 3.05) is 19.6 Å². The number of hydrogen-bond donors (Lipinski definition) is 4. The van der Waals surface area contributed by atoms with Crippen molar-refractivity contribution in [1.29, 1.82) is 0 Å². The summed E-state index contributed by atoms with van der Waals surface area (Å²) in [6.07, 6.45) is -1.24. The molecule has 1 aliphatic heterocycles. The summed E-state index contributed by atoms with van der Waals surface area (Å²) in [6, 6.07) is -0.196. The Labute approximate surface area is 53.9 Å². The summed E-state index contributed by atoms with van der Waals surface area (Å²) in [5, 5.41) is 23.3. The lowest BCUT2D eigenvalue weighted by Gasteiger charge is -2.25. The number of nitrogens with one attached hydrogen (secondary N) is 2. The molecule has 1 atom stereocenters. The molecule has 0 spiro atoms. The molecule has 1 saturated heterocycles. The standard InChI is InChI=1S/C5H12N2O2/c8-5(9)4-3-6-1-2-7-4/h4-9H,1-3H2. The van der Waals surface area contributed by atoms with Crippen molar-refractivity contribution in [3.63, 3.8) is 0 Å². The lowest BCUT2D eigenvalue weighted by atomic mass is 10.2. The molecule has 4 heteroatoms. The van der Waals surface area contributed by atoms with Crippen LogP contribution in [-0.4, -0.2) is 42.2 Å². The highest BCUT2D eigenvalue weighted by atomic mass is 16.5. The predicted molar refractivity (Wildman–Crippen MR) is 32.9 cm³/mol. The molecule has 1 heterocycles. The molecule has 0 amide bonds. The highest BCUT2D eigenvalue weighted by molar-refractivity contribution is 4.76. The number of aliphatic hydroxyl groups is 2. The predicted octanol–water partition coefficient (Wildman–Crippen LogP) is -2.14. The lowest BCUT2D eigenvalue weighted by molar-refractivity contribution is -0.0688. The van der Waals surface area contributed by atoms with E-state index in [1.54, 1.807) is 0 Å². The van der Waals surface area contributed by atoms with Gasteiger partial charge in [0.15, 0.2) is 6.29 Å². The fraction of sp³-hybridized carbons (Fsp3) is 1.00. The van der Waals surface area contributed by atoms with Gasteiger partial charge in [-0.1, -0.05) is 0 Å². The second-order valence-corrected chi connectivity index (χ2v) is 2.18. The average molecular weight is 132 g/mol. The Balaban J connectivity index is 2.23. The van der Waals surface area contributed by atoms with Crippen molar-refractivity contribution in [3.8, 4) is 0 Å². The normalized spacial score (nSPS) is 29.0. The minimum absolute atomic E-state index is 0.196. The Hall–Kier alpha value is -0.160. The Morgan fingerprint density at radius 1 is 1.33 bits per heavy atom. The first kappa shape index (κ1) is 6.95. The van der Waals surface area contributed by atoms with E-state index in [2.05, 4.69) is 10.6 Å². The highest BCUT2D eigenvalue weighted by Gasteiger charge is 2.17. The van der Waals surface area contributed by atoms with Gasteiger partial charge in [0.25, 0.3) is 0 Å². The smallest absolute Gasteiger partial charge is 0.168 e. The van der Waals surface area contributed by atoms with E-state index in [9.17, 15) is 0 Å². The summed E-state index contributed by atoms with van der Waals surface area (Å²) in [5.41, 5.74) is 0. The molecule has 0 saturated carbocycles. The van der Waals surface area contributed by atoms with Crippen LogP contribution in [0.5, 0.6) is 0 Å².